The average Bonchev–Trinajstić information content (AvgIpc) is 3.15. The van der Waals surface area contributed by atoms with Crippen molar-refractivity contribution in [3.8, 4) is 5.75 Å². The van der Waals surface area contributed by atoms with E-state index in [4.69, 9.17) is 9.47 Å². The fourth-order valence-electron chi connectivity index (χ4n) is 2.70. The van der Waals surface area contributed by atoms with Gasteiger partial charge in [-0.05, 0) is 56.2 Å². The molecule has 0 aliphatic carbocycles. The third-order valence-electron chi connectivity index (χ3n) is 4.13. The lowest BCUT2D eigenvalue weighted by Gasteiger charge is -2.16. The smallest absolute Gasteiger partial charge is 0.246 e. The molecule has 0 aromatic heterocycles. The number of anilines is 2. The Bertz CT molecular complexity index is 667. The van der Waals surface area contributed by atoms with Crippen molar-refractivity contribution in [2.24, 2.45) is 0 Å². The summed E-state index contributed by atoms with van der Waals surface area (Å²) in [6, 6.07) is 16.7. The molecule has 1 heterocycles. The number of amides is 1. The molecule has 2 aromatic carbocycles. The van der Waals surface area contributed by atoms with Gasteiger partial charge in [0.25, 0.3) is 0 Å². The third-order valence-corrected chi connectivity index (χ3v) is 4.13. The van der Waals surface area contributed by atoms with E-state index in [-0.39, 0.29) is 18.1 Å². The minimum absolute atomic E-state index is 0.0788. The lowest BCUT2D eigenvalue weighted by molar-refractivity contribution is -0.116. The quantitative estimate of drug-likeness (QED) is 0.807. The summed E-state index contributed by atoms with van der Waals surface area (Å²) in [5.74, 6) is 0.729. The molecule has 0 spiro atoms. The summed E-state index contributed by atoms with van der Waals surface area (Å²) in [5.41, 5.74) is 1.67. The van der Waals surface area contributed by atoms with Crippen LogP contribution in [0.1, 0.15) is 19.8 Å². The number of hydrogen-bond acceptors (Lipinski definition) is 4. The first-order valence-electron chi connectivity index (χ1n) is 8.67. The zero-order valence-corrected chi connectivity index (χ0v) is 14.4. The second-order valence-corrected chi connectivity index (χ2v) is 6.19. The van der Waals surface area contributed by atoms with Crippen LogP contribution >= 0.6 is 0 Å². The van der Waals surface area contributed by atoms with Crippen molar-refractivity contribution >= 4 is 17.3 Å². The Kier molecular flexibility index (Phi) is 5.90. The number of benzene rings is 2. The highest BCUT2D eigenvalue weighted by Gasteiger charge is 2.16. The summed E-state index contributed by atoms with van der Waals surface area (Å²) in [5, 5.41) is 6.08. The zero-order chi connectivity index (χ0) is 17.5. The highest BCUT2D eigenvalue weighted by Crippen LogP contribution is 2.19. The lowest BCUT2D eigenvalue weighted by Crippen LogP contribution is -2.31. The van der Waals surface area contributed by atoms with E-state index in [1.54, 1.807) is 0 Å². The zero-order valence-electron chi connectivity index (χ0n) is 14.4. The summed E-state index contributed by atoms with van der Waals surface area (Å²) in [7, 11) is 0. The molecule has 0 bridgehead atoms. The summed E-state index contributed by atoms with van der Waals surface area (Å²) in [4.78, 5) is 12.2. The number of carbonyl (C=O) groups excluding carboxylic acids is 1. The molecule has 25 heavy (non-hydrogen) atoms. The number of nitrogens with one attached hydrogen (secondary N) is 2. The van der Waals surface area contributed by atoms with Gasteiger partial charge in [0.1, 0.15) is 18.4 Å². The first-order chi connectivity index (χ1) is 12.2. The standard InChI is InChI=1S/C20H24N2O3/c1-15(20(23)22-16-6-3-2-4-7-16)21-17-9-11-18(12-10-17)25-14-19-8-5-13-24-19/h2-4,6-7,9-12,15,19,21H,5,8,13-14H2,1H3,(H,22,23)/t15-,19+/m1/s1. The van der Waals surface area contributed by atoms with Crippen molar-refractivity contribution in [1.29, 1.82) is 0 Å². The molecule has 2 atom stereocenters. The van der Waals surface area contributed by atoms with Crippen molar-refractivity contribution in [2.45, 2.75) is 31.9 Å². The van der Waals surface area contributed by atoms with E-state index in [1.807, 2.05) is 61.5 Å². The lowest BCUT2D eigenvalue weighted by atomic mass is 10.2. The minimum atomic E-state index is -0.348. The van der Waals surface area contributed by atoms with Gasteiger partial charge in [-0.25, -0.2) is 0 Å². The van der Waals surface area contributed by atoms with Gasteiger partial charge in [0.15, 0.2) is 0 Å². The molecule has 0 unspecified atom stereocenters. The van der Waals surface area contributed by atoms with Crippen LogP contribution in [0.2, 0.25) is 0 Å². The molecule has 1 amide bonds. The van der Waals surface area contributed by atoms with Gasteiger partial charge in [0, 0.05) is 18.0 Å². The van der Waals surface area contributed by atoms with Crippen LogP contribution in [0.5, 0.6) is 5.75 Å². The van der Waals surface area contributed by atoms with Gasteiger partial charge in [-0.3, -0.25) is 4.79 Å². The van der Waals surface area contributed by atoms with Crippen molar-refractivity contribution in [3.05, 3.63) is 54.6 Å². The molecule has 5 nitrogen and oxygen atoms in total. The first-order valence-corrected chi connectivity index (χ1v) is 8.67. The van der Waals surface area contributed by atoms with Crippen LogP contribution in [-0.4, -0.2) is 31.3 Å². The Morgan fingerprint density at radius 2 is 1.92 bits per heavy atom. The van der Waals surface area contributed by atoms with Crippen LogP contribution in [-0.2, 0) is 9.53 Å². The molecule has 2 aromatic rings. The number of para-hydroxylation sites is 1. The Balaban J connectivity index is 1.47. The molecule has 2 N–H and O–H groups in total. The van der Waals surface area contributed by atoms with E-state index >= 15 is 0 Å². The Morgan fingerprint density at radius 3 is 2.60 bits per heavy atom. The van der Waals surface area contributed by atoms with Crippen molar-refractivity contribution in [3.63, 3.8) is 0 Å². The topological polar surface area (TPSA) is 59.6 Å². The highest BCUT2D eigenvalue weighted by atomic mass is 16.5. The highest BCUT2D eigenvalue weighted by molar-refractivity contribution is 5.96. The van der Waals surface area contributed by atoms with Crippen molar-refractivity contribution in [2.75, 3.05) is 23.8 Å². The maximum Gasteiger partial charge on any atom is 0.246 e. The Hall–Kier alpha value is -2.53. The fraction of sp³-hybridized carbons (Fsp3) is 0.350. The predicted molar refractivity (Wildman–Crippen MR) is 99.1 cm³/mol. The van der Waals surface area contributed by atoms with E-state index < -0.39 is 0 Å². The summed E-state index contributed by atoms with van der Waals surface area (Å²) < 4.78 is 11.3. The molecular weight excluding hydrogens is 316 g/mol. The normalized spacial score (nSPS) is 17.7. The molecule has 0 saturated carbocycles. The Morgan fingerprint density at radius 1 is 1.16 bits per heavy atom. The van der Waals surface area contributed by atoms with Gasteiger partial charge in [0.05, 0.1) is 6.10 Å². The molecular formula is C20H24N2O3. The molecule has 0 radical (unpaired) electrons. The summed E-state index contributed by atoms with van der Waals surface area (Å²) in [6.07, 6.45) is 2.38. The molecule has 1 aliphatic heterocycles. The van der Waals surface area contributed by atoms with E-state index in [2.05, 4.69) is 10.6 Å². The second kappa shape index (κ2) is 8.53. The average molecular weight is 340 g/mol. The molecule has 132 valence electrons. The largest absolute Gasteiger partial charge is 0.491 e. The number of rotatable bonds is 7. The first kappa shape index (κ1) is 17.3. The van der Waals surface area contributed by atoms with E-state index in [0.29, 0.717) is 6.61 Å². The van der Waals surface area contributed by atoms with Crippen LogP contribution in [0.25, 0.3) is 0 Å². The van der Waals surface area contributed by atoms with E-state index in [1.165, 1.54) is 0 Å². The van der Waals surface area contributed by atoms with Gasteiger partial charge >= 0.3 is 0 Å². The molecule has 1 saturated heterocycles. The van der Waals surface area contributed by atoms with Crippen LogP contribution in [0.4, 0.5) is 11.4 Å². The molecule has 1 aliphatic rings. The van der Waals surface area contributed by atoms with Crippen LogP contribution in [0.15, 0.2) is 54.6 Å². The maximum absolute atomic E-state index is 12.2. The molecule has 1 fully saturated rings. The number of carbonyl (C=O) groups is 1. The predicted octanol–water partition coefficient (Wildman–Crippen LogP) is 3.68. The minimum Gasteiger partial charge on any atom is -0.491 e. The number of hydrogen-bond donors (Lipinski definition) is 2. The number of ether oxygens (including phenoxy) is 2. The van der Waals surface area contributed by atoms with E-state index in [0.717, 1.165) is 36.6 Å². The SMILES string of the molecule is C[C@@H](Nc1ccc(OC[C@@H]2CCCO2)cc1)C(=O)Nc1ccccc1. The second-order valence-electron chi connectivity index (χ2n) is 6.19. The van der Waals surface area contributed by atoms with Crippen molar-refractivity contribution < 1.29 is 14.3 Å². The van der Waals surface area contributed by atoms with Gasteiger partial charge < -0.3 is 20.1 Å². The van der Waals surface area contributed by atoms with Crippen LogP contribution in [0, 0.1) is 0 Å². The van der Waals surface area contributed by atoms with Gasteiger partial charge in [-0.2, -0.15) is 0 Å². The van der Waals surface area contributed by atoms with E-state index in [9.17, 15) is 4.79 Å². The van der Waals surface area contributed by atoms with Crippen LogP contribution in [0.3, 0.4) is 0 Å². The van der Waals surface area contributed by atoms with Crippen LogP contribution < -0.4 is 15.4 Å². The third kappa shape index (κ3) is 5.22. The summed E-state index contributed by atoms with van der Waals surface area (Å²) >= 11 is 0. The van der Waals surface area contributed by atoms with Gasteiger partial charge in [-0.1, -0.05) is 18.2 Å². The maximum atomic E-state index is 12.2. The monoisotopic (exact) mass is 340 g/mol. The van der Waals surface area contributed by atoms with Gasteiger partial charge in [0.2, 0.25) is 5.91 Å². The molecule has 3 rings (SSSR count). The summed E-state index contributed by atoms with van der Waals surface area (Å²) in [6.45, 7) is 3.25. The Labute approximate surface area is 148 Å². The van der Waals surface area contributed by atoms with Crippen molar-refractivity contribution in [1.82, 2.24) is 0 Å². The fourth-order valence-corrected chi connectivity index (χ4v) is 2.70. The van der Waals surface area contributed by atoms with Gasteiger partial charge in [-0.15, -0.1) is 0 Å². The molecule has 5 heteroatoms.